The summed E-state index contributed by atoms with van der Waals surface area (Å²) in [6.45, 7) is 1.79. The number of benzene rings is 3. The molecule has 3 aromatic carbocycles. The minimum atomic E-state index is -0.286. The summed E-state index contributed by atoms with van der Waals surface area (Å²) in [4.78, 5) is 24.4. The second kappa shape index (κ2) is 8.69. The van der Waals surface area contributed by atoms with Gasteiger partial charge in [0.25, 0.3) is 0 Å². The summed E-state index contributed by atoms with van der Waals surface area (Å²) in [6, 6.07) is 19.8. The quantitative estimate of drug-likeness (QED) is 0.537. The molecule has 0 heterocycles. The van der Waals surface area contributed by atoms with Gasteiger partial charge in [0.1, 0.15) is 0 Å². The molecule has 0 unspecified atom stereocenters. The Bertz CT molecular complexity index is 1030. The highest BCUT2D eigenvalue weighted by molar-refractivity contribution is 6.35. The lowest BCUT2D eigenvalue weighted by atomic mass is 9.99. The summed E-state index contributed by atoms with van der Waals surface area (Å²) in [7, 11) is 0. The Kier molecular flexibility index (Phi) is 6.09. The van der Waals surface area contributed by atoms with E-state index in [2.05, 4.69) is 10.6 Å². The van der Waals surface area contributed by atoms with Crippen molar-refractivity contribution in [3.8, 4) is 0 Å². The number of nitrogens with one attached hydrogen (secondary N) is 2. The number of carbonyl (C=O) groups excluding carboxylic acids is 2. The molecule has 0 saturated carbocycles. The minimum Gasteiger partial charge on any atom is -0.354 e. The number of rotatable bonds is 6. The summed E-state index contributed by atoms with van der Waals surface area (Å²) in [5.41, 5.74) is 9.32. The molecule has 5 nitrogen and oxygen atoms in total. The van der Waals surface area contributed by atoms with Crippen LogP contribution in [0.15, 0.2) is 66.7 Å². The zero-order valence-corrected chi connectivity index (χ0v) is 16.1. The van der Waals surface area contributed by atoms with E-state index in [0.717, 1.165) is 5.56 Å². The predicted molar refractivity (Wildman–Crippen MR) is 113 cm³/mol. The molecule has 0 aliphatic rings. The van der Waals surface area contributed by atoms with Crippen molar-refractivity contribution in [2.24, 2.45) is 5.73 Å². The van der Waals surface area contributed by atoms with E-state index in [1.807, 2.05) is 43.3 Å². The van der Waals surface area contributed by atoms with Gasteiger partial charge in [-0.1, -0.05) is 48.0 Å². The first-order valence-electron chi connectivity index (χ1n) is 8.75. The number of nitrogens with two attached hydrogens (primary N) is 1. The van der Waals surface area contributed by atoms with Gasteiger partial charge in [0.15, 0.2) is 5.78 Å². The molecule has 3 aromatic rings. The maximum absolute atomic E-state index is 12.8. The molecule has 0 aliphatic carbocycles. The number of hydrogen-bond acceptors (Lipinski definition) is 4. The van der Waals surface area contributed by atoms with Crippen LogP contribution >= 0.6 is 11.6 Å². The molecule has 0 radical (unpaired) electrons. The lowest BCUT2D eigenvalue weighted by molar-refractivity contribution is -0.114. The highest BCUT2D eigenvalue weighted by Crippen LogP contribution is 2.29. The molecule has 0 atom stereocenters. The van der Waals surface area contributed by atoms with Crippen LogP contribution in [0.4, 0.5) is 17.1 Å². The van der Waals surface area contributed by atoms with Crippen molar-refractivity contribution in [1.29, 1.82) is 0 Å². The van der Waals surface area contributed by atoms with Gasteiger partial charge in [-0.25, -0.2) is 0 Å². The minimum absolute atomic E-state index is 0.101. The summed E-state index contributed by atoms with van der Waals surface area (Å²) >= 11 is 6.39. The molecular weight excluding hydrogens is 374 g/mol. The van der Waals surface area contributed by atoms with E-state index < -0.39 is 0 Å². The number of carbonyl (C=O) groups is 2. The van der Waals surface area contributed by atoms with Crippen LogP contribution in [0.1, 0.15) is 21.5 Å². The predicted octanol–water partition coefficient (Wildman–Crippen LogP) is 4.52. The van der Waals surface area contributed by atoms with Crippen molar-refractivity contribution >= 4 is 40.4 Å². The maximum atomic E-state index is 12.8. The number of para-hydroxylation sites is 2. The molecule has 0 saturated heterocycles. The van der Waals surface area contributed by atoms with Crippen LogP contribution in [0, 0.1) is 6.92 Å². The Hall–Kier alpha value is -3.15. The largest absolute Gasteiger partial charge is 0.354 e. The highest BCUT2D eigenvalue weighted by Gasteiger charge is 2.15. The molecule has 4 N–H and O–H groups in total. The average Bonchev–Trinajstić information content (AvgIpc) is 2.69. The SMILES string of the molecule is Cc1ccccc1C(=O)c1ccc(Nc2ccccc2NC(=O)CN)cc1Cl. The molecule has 6 heteroatoms. The Morgan fingerprint density at radius 3 is 2.29 bits per heavy atom. The van der Waals surface area contributed by atoms with Gasteiger partial charge in [-0.3, -0.25) is 9.59 Å². The fourth-order valence-electron chi connectivity index (χ4n) is 2.81. The van der Waals surface area contributed by atoms with Crippen molar-refractivity contribution in [2.45, 2.75) is 6.92 Å². The van der Waals surface area contributed by atoms with Crippen molar-refractivity contribution < 1.29 is 9.59 Å². The van der Waals surface area contributed by atoms with E-state index in [4.69, 9.17) is 17.3 Å². The zero-order valence-electron chi connectivity index (χ0n) is 15.3. The molecule has 28 heavy (non-hydrogen) atoms. The third-order valence-corrected chi connectivity index (χ3v) is 4.58. The number of anilines is 3. The lowest BCUT2D eigenvalue weighted by Crippen LogP contribution is -2.22. The van der Waals surface area contributed by atoms with Gasteiger partial charge >= 0.3 is 0 Å². The van der Waals surface area contributed by atoms with Crippen molar-refractivity contribution in [2.75, 3.05) is 17.2 Å². The van der Waals surface area contributed by atoms with Crippen molar-refractivity contribution in [3.63, 3.8) is 0 Å². The topological polar surface area (TPSA) is 84.2 Å². The summed E-state index contributed by atoms with van der Waals surface area (Å²) in [5.74, 6) is -0.406. The summed E-state index contributed by atoms with van der Waals surface area (Å²) in [6.07, 6.45) is 0. The Balaban J connectivity index is 1.85. The van der Waals surface area contributed by atoms with Crippen LogP contribution in [0.2, 0.25) is 5.02 Å². The first kappa shape index (κ1) is 19.6. The van der Waals surface area contributed by atoms with Gasteiger partial charge in [-0.05, 0) is 42.8 Å². The monoisotopic (exact) mass is 393 g/mol. The number of halogens is 1. The second-order valence-corrected chi connectivity index (χ2v) is 6.67. The second-order valence-electron chi connectivity index (χ2n) is 6.26. The third-order valence-electron chi connectivity index (χ3n) is 4.27. The number of hydrogen-bond donors (Lipinski definition) is 3. The van der Waals surface area contributed by atoms with E-state index in [1.54, 1.807) is 30.3 Å². The molecule has 0 spiro atoms. The Morgan fingerprint density at radius 1 is 0.929 bits per heavy atom. The van der Waals surface area contributed by atoms with Crippen LogP contribution in [-0.2, 0) is 4.79 Å². The Labute approximate surface area is 168 Å². The molecule has 1 amide bonds. The van der Waals surface area contributed by atoms with Gasteiger partial charge < -0.3 is 16.4 Å². The molecule has 0 aromatic heterocycles. The van der Waals surface area contributed by atoms with Gasteiger partial charge in [0.05, 0.1) is 22.9 Å². The zero-order chi connectivity index (χ0) is 20.1. The number of amides is 1. The molecule has 3 rings (SSSR count). The first-order chi connectivity index (χ1) is 13.5. The summed E-state index contributed by atoms with van der Waals surface area (Å²) in [5, 5.41) is 6.30. The normalized spacial score (nSPS) is 10.4. The number of aryl methyl sites for hydroxylation is 1. The molecule has 142 valence electrons. The van der Waals surface area contributed by atoms with Crippen LogP contribution in [-0.4, -0.2) is 18.2 Å². The average molecular weight is 394 g/mol. The smallest absolute Gasteiger partial charge is 0.238 e. The fraction of sp³-hybridized carbons (Fsp3) is 0.0909. The lowest BCUT2D eigenvalue weighted by Gasteiger charge is -2.14. The van der Waals surface area contributed by atoms with E-state index in [0.29, 0.717) is 33.2 Å². The molecule has 0 bridgehead atoms. The van der Waals surface area contributed by atoms with Crippen LogP contribution < -0.4 is 16.4 Å². The standard InChI is InChI=1S/C22H20ClN3O2/c1-14-6-2-3-7-16(14)22(28)17-11-10-15(12-18(17)23)25-19-8-4-5-9-20(19)26-21(27)13-24/h2-12,25H,13,24H2,1H3,(H,26,27). The highest BCUT2D eigenvalue weighted by atomic mass is 35.5. The molecular formula is C22H20ClN3O2. The van der Waals surface area contributed by atoms with Gasteiger partial charge in [-0.15, -0.1) is 0 Å². The van der Waals surface area contributed by atoms with Crippen LogP contribution in [0.25, 0.3) is 0 Å². The van der Waals surface area contributed by atoms with E-state index in [-0.39, 0.29) is 18.2 Å². The van der Waals surface area contributed by atoms with Gasteiger partial charge in [-0.2, -0.15) is 0 Å². The number of ketones is 1. The Morgan fingerprint density at radius 2 is 1.61 bits per heavy atom. The molecule has 0 aliphatic heterocycles. The van der Waals surface area contributed by atoms with Crippen molar-refractivity contribution in [1.82, 2.24) is 0 Å². The van der Waals surface area contributed by atoms with Crippen LogP contribution in [0.5, 0.6) is 0 Å². The van der Waals surface area contributed by atoms with Gasteiger partial charge in [0.2, 0.25) is 5.91 Å². The van der Waals surface area contributed by atoms with E-state index >= 15 is 0 Å². The van der Waals surface area contributed by atoms with E-state index in [1.165, 1.54) is 0 Å². The van der Waals surface area contributed by atoms with E-state index in [9.17, 15) is 9.59 Å². The summed E-state index contributed by atoms with van der Waals surface area (Å²) < 4.78 is 0. The molecule has 0 fully saturated rings. The first-order valence-corrected chi connectivity index (χ1v) is 9.13. The van der Waals surface area contributed by atoms with Gasteiger partial charge in [0, 0.05) is 16.8 Å². The fourth-order valence-corrected chi connectivity index (χ4v) is 3.07. The third kappa shape index (κ3) is 4.39. The van der Waals surface area contributed by atoms with Crippen molar-refractivity contribution in [3.05, 3.63) is 88.4 Å². The maximum Gasteiger partial charge on any atom is 0.238 e. The van der Waals surface area contributed by atoms with Crippen LogP contribution in [0.3, 0.4) is 0 Å².